The Hall–Kier alpha value is -1.49. The highest BCUT2D eigenvalue weighted by atomic mass is 35.5. The van der Waals surface area contributed by atoms with Crippen LogP contribution < -0.4 is 10.2 Å². The van der Waals surface area contributed by atoms with Gasteiger partial charge < -0.3 is 15.0 Å². The molecule has 5 nitrogen and oxygen atoms in total. The Kier molecular flexibility index (Phi) is 4.38. The Morgan fingerprint density at radius 1 is 1.55 bits per heavy atom. The van der Waals surface area contributed by atoms with Crippen LogP contribution in [0.3, 0.4) is 0 Å². The van der Waals surface area contributed by atoms with Gasteiger partial charge in [-0.05, 0) is 39.3 Å². The van der Waals surface area contributed by atoms with E-state index in [1.165, 1.54) is 0 Å². The lowest BCUT2D eigenvalue weighted by Crippen LogP contribution is -2.40. The minimum Gasteiger partial charge on any atom is -0.444 e. The molecule has 1 aromatic heterocycles. The topological polar surface area (TPSA) is 54.5 Å². The fourth-order valence-corrected chi connectivity index (χ4v) is 2.40. The number of amides is 1. The first-order valence-corrected chi connectivity index (χ1v) is 7.08. The van der Waals surface area contributed by atoms with E-state index in [0.29, 0.717) is 11.6 Å². The van der Waals surface area contributed by atoms with Gasteiger partial charge in [-0.3, -0.25) is 0 Å². The van der Waals surface area contributed by atoms with Crippen molar-refractivity contribution >= 4 is 23.5 Å². The molecule has 0 spiro atoms. The first kappa shape index (κ1) is 14.9. The fourth-order valence-electron chi connectivity index (χ4n) is 2.15. The molecule has 1 N–H and O–H groups in total. The zero-order chi connectivity index (χ0) is 14.8. The molecule has 0 aromatic carbocycles. The van der Waals surface area contributed by atoms with E-state index in [0.717, 1.165) is 18.8 Å². The Morgan fingerprint density at radius 3 is 2.95 bits per heavy atom. The zero-order valence-corrected chi connectivity index (χ0v) is 12.8. The predicted octanol–water partition coefficient (Wildman–Crippen LogP) is 2.84. The van der Waals surface area contributed by atoms with Gasteiger partial charge in [-0.2, -0.15) is 0 Å². The first-order chi connectivity index (χ1) is 9.35. The van der Waals surface area contributed by atoms with Crippen molar-refractivity contribution in [3.05, 3.63) is 23.4 Å². The van der Waals surface area contributed by atoms with Gasteiger partial charge in [0.1, 0.15) is 11.4 Å². The van der Waals surface area contributed by atoms with Gasteiger partial charge in [0.15, 0.2) is 0 Å². The molecule has 1 aromatic rings. The Bertz CT molecular complexity index is 488. The normalized spacial score (nSPS) is 19.0. The van der Waals surface area contributed by atoms with Gasteiger partial charge in [-0.1, -0.05) is 11.6 Å². The van der Waals surface area contributed by atoms with Crippen molar-refractivity contribution in [3.63, 3.8) is 0 Å². The third-order valence-electron chi connectivity index (χ3n) is 2.95. The molecule has 0 unspecified atom stereocenters. The van der Waals surface area contributed by atoms with Gasteiger partial charge in [0.2, 0.25) is 0 Å². The van der Waals surface area contributed by atoms with E-state index in [2.05, 4.69) is 15.2 Å². The van der Waals surface area contributed by atoms with Crippen LogP contribution in [-0.2, 0) is 4.74 Å². The summed E-state index contributed by atoms with van der Waals surface area (Å²) in [7, 11) is 0. The molecule has 1 amide bonds. The smallest absolute Gasteiger partial charge is 0.407 e. The van der Waals surface area contributed by atoms with Crippen LogP contribution in [0, 0.1) is 0 Å². The van der Waals surface area contributed by atoms with Crippen LogP contribution in [-0.4, -0.2) is 35.8 Å². The molecule has 1 atom stereocenters. The van der Waals surface area contributed by atoms with Crippen molar-refractivity contribution in [1.29, 1.82) is 0 Å². The second-order valence-electron chi connectivity index (χ2n) is 5.89. The van der Waals surface area contributed by atoms with Gasteiger partial charge in [-0.15, -0.1) is 0 Å². The summed E-state index contributed by atoms with van der Waals surface area (Å²) in [5, 5.41) is 3.51. The molecule has 2 rings (SSSR count). The largest absolute Gasteiger partial charge is 0.444 e. The molecular formula is C14H20ClN3O2. The Balaban J connectivity index is 1.90. The number of aromatic nitrogens is 1. The van der Waals surface area contributed by atoms with Crippen molar-refractivity contribution in [2.24, 2.45) is 0 Å². The summed E-state index contributed by atoms with van der Waals surface area (Å²) in [5.41, 5.74) is -0.479. The maximum Gasteiger partial charge on any atom is 0.407 e. The van der Waals surface area contributed by atoms with Crippen LogP contribution in [0.4, 0.5) is 10.6 Å². The second kappa shape index (κ2) is 5.87. The Morgan fingerprint density at radius 2 is 2.30 bits per heavy atom. The SMILES string of the molecule is CC(C)(C)OC(=O)N[C@H]1CCN(c2ncccc2Cl)C1. The number of carbonyl (C=O) groups is 1. The van der Waals surface area contributed by atoms with Crippen molar-refractivity contribution in [3.8, 4) is 0 Å². The number of ether oxygens (including phenoxy) is 1. The number of pyridine rings is 1. The number of hydrogen-bond acceptors (Lipinski definition) is 4. The van der Waals surface area contributed by atoms with Crippen LogP contribution in [0.25, 0.3) is 0 Å². The highest BCUT2D eigenvalue weighted by molar-refractivity contribution is 6.32. The summed E-state index contributed by atoms with van der Waals surface area (Å²) >= 11 is 6.13. The lowest BCUT2D eigenvalue weighted by Gasteiger charge is -2.22. The van der Waals surface area contributed by atoms with Crippen molar-refractivity contribution in [2.45, 2.75) is 38.8 Å². The van der Waals surface area contributed by atoms with E-state index in [1.54, 1.807) is 12.3 Å². The van der Waals surface area contributed by atoms with Crippen LogP contribution in [0.1, 0.15) is 27.2 Å². The third-order valence-corrected chi connectivity index (χ3v) is 3.24. The summed E-state index contributed by atoms with van der Waals surface area (Å²) in [5.74, 6) is 0.766. The molecule has 1 aliphatic rings. The molecule has 0 bridgehead atoms. The first-order valence-electron chi connectivity index (χ1n) is 6.70. The van der Waals surface area contributed by atoms with E-state index in [-0.39, 0.29) is 12.1 Å². The number of anilines is 1. The summed E-state index contributed by atoms with van der Waals surface area (Å²) in [6.07, 6.45) is 2.19. The van der Waals surface area contributed by atoms with Crippen LogP contribution in [0.2, 0.25) is 5.02 Å². The predicted molar refractivity (Wildman–Crippen MR) is 79.2 cm³/mol. The molecule has 1 saturated heterocycles. The molecule has 20 heavy (non-hydrogen) atoms. The van der Waals surface area contributed by atoms with E-state index < -0.39 is 5.60 Å². The highest BCUT2D eigenvalue weighted by Crippen LogP contribution is 2.25. The van der Waals surface area contributed by atoms with Crippen molar-refractivity contribution < 1.29 is 9.53 Å². The summed E-state index contributed by atoms with van der Waals surface area (Å²) in [6.45, 7) is 7.05. The number of carbonyl (C=O) groups excluding carboxylic acids is 1. The average Bonchev–Trinajstić information content (AvgIpc) is 2.75. The molecule has 110 valence electrons. The van der Waals surface area contributed by atoms with Crippen LogP contribution in [0.15, 0.2) is 18.3 Å². The Labute approximate surface area is 124 Å². The maximum absolute atomic E-state index is 11.7. The van der Waals surface area contributed by atoms with Crippen molar-refractivity contribution in [2.75, 3.05) is 18.0 Å². The quantitative estimate of drug-likeness (QED) is 0.912. The molecule has 0 saturated carbocycles. The van der Waals surface area contributed by atoms with E-state index in [9.17, 15) is 4.79 Å². The maximum atomic E-state index is 11.7. The number of nitrogens with one attached hydrogen (secondary N) is 1. The lowest BCUT2D eigenvalue weighted by atomic mass is 10.2. The molecular weight excluding hydrogens is 278 g/mol. The van der Waals surface area contributed by atoms with E-state index in [1.807, 2.05) is 26.8 Å². The molecule has 6 heteroatoms. The standard InChI is InChI=1S/C14H20ClN3O2/c1-14(2,3)20-13(19)17-10-6-8-18(9-10)12-11(15)5-4-7-16-12/h4-5,7,10H,6,8-9H2,1-3H3,(H,17,19)/t10-/m0/s1. The number of alkyl carbamates (subject to hydrolysis) is 1. The third kappa shape index (κ3) is 4.00. The van der Waals surface area contributed by atoms with E-state index in [4.69, 9.17) is 16.3 Å². The monoisotopic (exact) mass is 297 g/mol. The number of rotatable bonds is 2. The van der Waals surface area contributed by atoms with Gasteiger partial charge in [0, 0.05) is 19.3 Å². The lowest BCUT2D eigenvalue weighted by molar-refractivity contribution is 0.0509. The van der Waals surface area contributed by atoms with Gasteiger partial charge in [0.25, 0.3) is 0 Å². The summed E-state index contributed by atoms with van der Waals surface area (Å²) in [4.78, 5) is 18.1. The van der Waals surface area contributed by atoms with Crippen molar-refractivity contribution in [1.82, 2.24) is 10.3 Å². The zero-order valence-electron chi connectivity index (χ0n) is 12.0. The fraction of sp³-hybridized carbons (Fsp3) is 0.571. The molecule has 1 aliphatic heterocycles. The second-order valence-corrected chi connectivity index (χ2v) is 6.29. The van der Waals surface area contributed by atoms with Crippen LogP contribution in [0.5, 0.6) is 0 Å². The van der Waals surface area contributed by atoms with Gasteiger partial charge >= 0.3 is 6.09 Å². The summed E-state index contributed by atoms with van der Waals surface area (Å²) < 4.78 is 5.25. The number of halogens is 1. The minimum absolute atomic E-state index is 0.0583. The molecule has 2 heterocycles. The van der Waals surface area contributed by atoms with Crippen LogP contribution >= 0.6 is 11.6 Å². The van der Waals surface area contributed by atoms with Gasteiger partial charge in [-0.25, -0.2) is 9.78 Å². The molecule has 0 aliphatic carbocycles. The molecule has 0 radical (unpaired) electrons. The molecule has 1 fully saturated rings. The average molecular weight is 298 g/mol. The van der Waals surface area contributed by atoms with Gasteiger partial charge in [0.05, 0.1) is 11.1 Å². The number of hydrogen-bond donors (Lipinski definition) is 1. The summed E-state index contributed by atoms with van der Waals surface area (Å²) in [6, 6.07) is 3.68. The van der Waals surface area contributed by atoms with E-state index >= 15 is 0 Å². The highest BCUT2D eigenvalue weighted by Gasteiger charge is 2.27. The number of nitrogens with zero attached hydrogens (tertiary/aromatic N) is 2. The minimum atomic E-state index is -0.479.